The van der Waals surface area contributed by atoms with E-state index in [4.69, 9.17) is 0 Å². The summed E-state index contributed by atoms with van der Waals surface area (Å²) in [6.07, 6.45) is 0.352. The fourth-order valence-electron chi connectivity index (χ4n) is 1.60. The van der Waals surface area contributed by atoms with Crippen molar-refractivity contribution in [2.45, 2.75) is 18.8 Å². The second-order valence-electron chi connectivity index (χ2n) is 3.67. The van der Waals surface area contributed by atoms with Crippen LogP contribution in [0.15, 0.2) is 30.3 Å². The molecule has 92 valence electrons. The number of carbonyl (C=O) groups is 2. The van der Waals surface area contributed by atoms with Gasteiger partial charge >= 0.3 is 11.9 Å². The highest BCUT2D eigenvalue weighted by Crippen LogP contribution is 2.24. The Morgan fingerprint density at radius 2 is 1.47 bits per heavy atom. The lowest BCUT2D eigenvalue weighted by Gasteiger charge is -2.14. The van der Waals surface area contributed by atoms with E-state index in [1.54, 1.807) is 0 Å². The lowest BCUT2D eigenvalue weighted by Crippen LogP contribution is -2.13. The van der Waals surface area contributed by atoms with Crippen LogP contribution in [-0.2, 0) is 19.1 Å². The molecule has 0 unspecified atom stereocenters. The maximum absolute atomic E-state index is 11.3. The molecule has 0 atom stereocenters. The van der Waals surface area contributed by atoms with E-state index < -0.39 is 0 Å². The second kappa shape index (κ2) is 6.68. The van der Waals surface area contributed by atoms with Gasteiger partial charge in [0.1, 0.15) is 0 Å². The summed E-state index contributed by atoms with van der Waals surface area (Å²) in [5, 5.41) is 0. The summed E-state index contributed by atoms with van der Waals surface area (Å²) in [5.74, 6) is -0.860. The van der Waals surface area contributed by atoms with E-state index in [-0.39, 0.29) is 30.7 Å². The van der Waals surface area contributed by atoms with Crippen LogP contribution in [0.5, 0.6) is 0 Å². The predicted octanol–water partition coefficient (Wildman–Crippen LogP) is 1.90. The SMILES string of the molecule is COC(=O)CC(CC(=O)OC)c1ccccc1. The van der Waals surface area contributed by atoms with Crippen molar-refractivity contribution in [3.05, 3.63) is 35.9 Å². The summed E-state index contributed by atoms with van der Waals surface area (Å²) < 4.78 is 9.25. The molecule has 0 N–H and O–H groups in total. The standard InChI is InChI=1S/C13H16O4/c1-16-12(14)8-11(9-13(15)17-2)10-6-4-3-5-7-10/h3-7,11H,8-9H2,1-2H3. The molecule has 1 rings (SSSR count). The third kappa shape index (κ3) is 4.26. The Morgan fingerprint density at radius 3 is 1.88 bits per heavy atom. The second-order valence-corrected chi connectivity index (χ2v) is 3.67. The largest absolute Gasteiger partial charge is 0.469 e. The average Bonchev–Trinajstić information content (AvgIpc) is 2.38. The number of hydrogen-bond acceptors (Lipinski definition) is 4. The summed E-state index contributed by atoms with van der Waals surface area (Å²) in [7, 11) is 2.67. The quantitative estimate of drug-likeness (QED) is 0.733. The summed E-state index contributed by atoms with van der Waals surface area (Å²) in [6.45, 7) is 0. The van der Waals surface area contributed by atoms with Crippen LogP contribution in [0.1, 0.15) is 24.3 Å². The summed E-state index contributed by atoms with van der Waals surface area (Å²) in [4.78, 5) is 22.6. The molecule has 1 aromatic rings. The molecule has 4 nitrogen and oxygen atoms in total. The zero-order valence-corrected chi connectivity index (χ0v) is 10.0. The first-order chi connectivity index (χ1) is 8.17. The highest BCUT2D eigenvalue weighted by molar-refractivity contribution is 5.74. The van der Waals surface area contributed by atoms with Crippen LogP contribution in [-0.4, -0.2) is 26.2 Å². The number of benzene rings is 1. The number of carbonyl (C=O) groups excluding carboxylic acids is 2. The predicted molar refractivity (Wildman–Crippen MR) is 62.4 cm³/mol. The first kappa shape index (κ1) is 13.2. The Labute approximate surface area is 101 Å². The van der Waals surface area contributed by atoms with E-state index >= 15 is 0 Å². The number of esters is 2. The summed E-state index contributed by atoms with van der Waals surface area (Å²) in [5.41, 5.74) is 0.934. The monoisotopic (exact) mass is 236 g/mol. The molecule has 4 heteroatoms. The van der Waals surface area contributed by atoms with Crippen molar-refractivity contribution in [3.63, 3.8) is 0 Å². The van der Waals surface area contributed by atoms with Gasteiger partial charge in [0.2, 0.25) is 0 Å². The Bertz CT molecular complexity index is 354. The van der Waals surface area contributed by atoms with Gasteiger partial charge in [-0.3, -0.25) is 9.59 Å². The third-order valence-corrected chi connectivity index (χ3v) is 2.55. The highest BCUT2D eigenvalue weighted by Gasteiger charge is 2.20. The Balaban J connectivity index is 2.79. The van der Waals surface area contributed by atoms with E-state index in [0.29, 0.717) is 0 Å². The molecule has 17 heavy (non-hydrogen) atoms. The van der Waals surface area contributed by atoms with Crippen molar-refractivity contribution >= 4 is 11.9 Å². The van der Waals surface area contributed by atoms with E-state index in [1.165, 1.54) is 14.2 Å². The molecule has 0 heterocycles. The minimum absolute atomic E-state index is 0.176. The molecule has 0 fully saturated rings. The normalized spacial score (nSPS) is 10.1. The van der Waals surface area contributed by atoms with Crippen LogP contribution in [0.4, 0.5) is 0 Å². The van der Waals surface area contributed by atoms with Crippen molar-refractivity contribution in [2.75, 3.05) is 14.2 Å². The van der Waals surface area contributed by atoms with Crippen LogP contribution in [0.25, 0.3) is 0 Å². The molecule has 0 radical (unpaired) electrons. The highest BCUT2D eigenvalue weighted by atomic mass is 16.5. The van der Waals surface area contributed by atoms with Gasteiger partial charge in [0.15, 0.2) is 0 Å². The fourth-order valence-corrected chi connectivity index (χ4v) is 1.60. The maximum Gasteiger partial charge on any atom is 0.306 e. The zero-order valence-electron chi connectivity index (χ0n) is 10.0. The lowest BCUT2D eigenvalue weighted by atomic mass is 9.92. The molecule has 0 aliphatic heterocycles. The van der Waals surface area contributed by atoms with Gasteiger partial charge in [0.05, 0.1) is 27.1 Å². The number of rotatable bonds is 5. The Morgan fingerprint density at radius 1 is 1.00 bits per heavy atom. The van der Waals surface area contributed by atoms with Crippen molar-refractivity contribution in [2.24, 2.45) is 0 Å². The van der Waals surface area contributed by atoms with Gasteiger partial charge in [-0.15, -0.1) is 0 Å². The molecular weight excluding hydrogens is 220 g/mol. The first-order valence-corrected chi connectivity index (χ1v) is 5.36. The van der Waals surface area contributed by atoms with E-state index in [0.717, 1.165) is 5.56 Å². The van der Waals surface area contributed by atoms with Crippen molar-refractivity contribution in [3.8, 4) is 0 Å². The molecule has 0 saturated heterocycles. The summed E-state index contributed by atoms with van der Waals surface area (Å²) in [6, 6.07) is 9.40. The number of ether oxygens (including phenoxy) is 2. The van der Waals surface area contributed by atoms with E-state index in [1.807, 2.05) is 30.3 Å². The molecule has 0 bridgehead atoms. The molecule has 0 aliphatic carbocycles. The van der Waals surface area contributed by atoms with Crippen molar-refractivity contribution in [1.82, 2.24) is 0 Å². The van der Waals surface area contributed by atoms with Gasteiger partial charge < -0.3 is 9.47 Å². The van der Waals surface area contributed by atoms with Crippen LogP contribution >= 0.6 is 0 Å². The van der Waals surface area contributed by atoms with Gasteiger partial charge in [0.25, 0.3) is 0 Å². The molecule has 0 aromatic heterocycles. The molecule has 0 aliphatic rings. The average molecular weight is 236 g/mol. The van der Waals surface area contributed by atoms with Gasteiger partial charge in [-0.05, 0) is 5.56 Å². The van der Waals surface area contributed by atoms with E-state index in [9.17, 15) is 9.59 Å². The zero-order chi connectivity index (χ0) is 12.7. The van der Waals surface area contributed by atoms with E-state index in [2.05, 4.69) is 9.47 Å². The number of hydrogen-bond donors (Lipinski definition) is 0. The smallest absolute Gasteiger partial charge is 0.306 e. The van der Waals surface area contributed by atoms with Crippen LogP contribution in [0.3, 0.4) is 0 Å². The molecule has 1 aromatic carbocycles. The van der Waals surface area contributed by atoms with Gasteiger partial charge in [-0.2, -0.15) is 0 Å². The molecule has 0 spiro atoms. The molecular formula is C13H16O4. The maximum atomic E-state index is 11.3. The lowest BCUT2D eigenvalue weighted by molar-refractivity contribution is -0.143. The number of methoxy groups -OCH3 is 2. The third-order valence-electron chi connectivity index (χ3n) is 2.55. The minimum Gasteiger partial charge on any atom is -0.469 e. The Hall–Kier alpha value is -1.84. The van der Waals surface area contributed by atoms with Gasteiger partial charge in [0, 0.05) is 5.92 Å². The Kier molecular flexibility index (Phi) is 5.20. The topological polar surface area (TPSA) is 52.6 Å². The van der Waals surface area contributed by atoms with Crippen LogP contribution in [0, 0.1) is 0 Å². The van der Waals surface area contributed by atoms with Crippen molar-refractivity contribution < 1.29 is 19.1 Å². The van der Waals surface area contributed by atoms with Gasteiger partial charge in [-0.1, -0.05) is 30.3 Å². The van der Waals surface area contributed by atoms with Crippen LogP contribution < -0.4 is 0 Å². The van der Waals surface area contributed by atoms with Crippen LogP contribution in [0.2, 0.25) is 0 Å². The minimum atomic E-state index is -0.331. The molecule has 0 amide bonds. The van der Waals surface area contributed by atoms with Crippen molar-refractivity contribution in [1.29, 1.82) is 0 Å². The van der Waals surface area contributed by atoms with Gasteiger partial charge in [-0.25, -0.2) is 0 Å². The molecule has 0 saturated carbocycles. The summed E-state index contributed by atoms with van der Waals surface area (Å²) >= 11 is 0. The fraction of sp³-hybridized carbons (Fsp3) is 0.385. The first-order valence-electron chi connectivity index (χ1n) is 5.36.